The minimum absolute atomic E-state index is 0.116. The first-order valence-corrected chi connectivity index (χ1v) is 10.1. The van der Waals surface area contributed by atoms with Crippen LogP contribution in [0, 0.1) is 13.8 Å². The molecule has 0 atom stereocenters. The van der Waals surface area contributed by atoms with Gasteiger partial charge in [0, 0.05) is 35.9 Å². The highest BCUT2D eigenvalue weighted by Crippen LogP contribution is 2.25. The number of methoxy groups -OCH3 is 1. The first-order chi connectivity index (χ1) is 13.8. The molecule has 0 bridgehead atoms. The molecule has 29 heavy (non-hydrogen) atoms. The molecule has 7 nitrogen and oxygen atoms in total. The zero-order valence-corrected chi connectivity index (χ0v) is 17.4. The van der Waals surface area contributed by atoms with Crippen molar-refractivity contribution < 1.29 is 24.2 Å². The van der Waals surface area contributed by atoms with Crippen LogP contribution in [0.4, 0.5) is 0 Å². The van der Waals surface area contributed by atoms with E-state index >= 15 is 0 Å². The molecule has 1 aromatic rings. The van der Waals surface area contributed by atoms with Gasteiger partial charge in [0.2, 0.25) is 0 Å². The number of carbonyl (C=O) groups excluding carboxylic acids is 2. The van der Waals surface area contributed by atoms with Crippen molar-refractivity contribution in [2.24, 2.45) is 0 Å². The summed E-state index contributed by atoms with van der Waals surface area (Å²) >= 11 is 0. The maximum Gasteiger partial charge on any atom is 0.303 e. The first-order valence-electron chi connectivity index (χ1n) is 10.1. The van der Waals surface area contributed by atoms with Crippen LogP contribution >= 0.6 is 0 Å². The van der Waals surface area contributed by atoms with Crippen LogP contribution in [0.1, 0.15) is 78.7 Å². The number of carboxylic acid groups (broad SMARTS) is 1. The van der Waals surface area contributed by atoms with E-state index in [2.05, 4.69) is 10.3 Å². The summed E-state index contributed by atoms with van der Waals surface area (Å²) in [5.41, 5.74) is 3.75. The molecular formula is C22H30N2O5. The highest BCUT2D eigenvalue weighted by Gasteiger charge is 2.21. The lowest BCUT2D eigenvalue weighted by Crippen LogP contribution is -2.13. The second-order valence-corrected chi connectivity index (χ2v) is 7.36. The molecule has 0 saturated heterocycles. The monoisotopic (exact) mass is 402 g/mol. The molecule has 1 aliphatic rings. The quantitative estimate of drug-likeness (QED) is 0.361. The zero-order valence-electron chi connectivity index (χ0n) is 17.4. The summed E-state index contributed by atoms with van der Waals surface area (Å²) < 4.78 is 5.20. The molecule has 0 spiro atoms. The minimum Gasteiger partial charge on any atom is -0.494 e. The van der Waals surface area contributed by atoms with E-state index in [4.69, 9.17) is 9.84 Å². The third-order valence-electron chi connectivity index (χ3n) is 5.09. The average Bonchev–Trinajstić information content (AvgIpc) is 3.15. The maximum absolute atomic E-state index is 12.7. The number of hydrogen-bond acceptors (Lipinski definition) is 4. The Hall–Kier alpha value is -2.83. The van der Waals surface area contributed by atoms with Crippen molar-refractivity contribution in [2.75, 3.05) is 7.11 Å². The van der Waals surface area contributed by atoms with E-state index in [1.807, 2.05) is 13.8 Å². The number of carbonyl (C=O) groups is 3. The number of unbranched alkanes of at least 4 members (excludes halogenated alkanes) is 5. The number of carboxylic acids is 1. The van der Waals surface area contributed by atoms with Gasteiger partial charge in [-0.3, -0.25) is 14.4 Å². The molecule has 3 N–H and O–H groups in total. The van der Waals surface area contributed by atoms with Crippen LogP contribution in [0.25, 0.3) is 6.08 Å². The maximum atomic E-state index is 12.7. The standard InChI is InChI=1S/C22H30N2O5/c1-14-16(12-17-19(29-3)13-20(26)24-17)23-15(2)22(14)18(25)10-8-6-4-5-7-9-11-21(27)28/h12-13,23H,4-11H2,1-3H3,(H,24,26)(H,27,28)/b17-12-. The van der Waals surface area contributed by atoms with Crippen LogP contribution in [0.5, 0.6) is 0 Å². The largest absolute Gasteiger partial charge is 0.494 e. The summed E-state index contributed by atoms with van der Waals surface area (Å²) in [6.45, 7) is 3.78. The Labute approximate surface area is 171 Å². The number of H-pyrrole nitrogens is 1. The van der Waals surface area contributed by atoms with E-state index in [0.29, 0.717) is 29.9 Å². The Morgan fingerprint density at radius 2 is 1.69 bits per heavy atom. The lowest BCUT2D eigenvalue weighted by Gasteiger charge is -2.05. The highest BCUT2D eigenvalue weighted by atomic mass is 16.5. The van der Waals surface area contributed by atoms with E-state index in [1.54, 1.807) is 6.08 Å². The Balaban J connectivity index is 1.88. The van der Waals surface area contributed by atoms with Gasteiger partial charge in [-0.2, -0.15) is 0 Å². The van der Waals surface area contributed by atoms with Crippen LogP contribution in [0.15, 0.2) is 17.5 Å². The lowest BCUT2D eigenvalue weighted by atomic mass is 10.00. The molecule has 2 rings (SSSR count). The molecule has 1 aromatic heterocycles. The molecule has 1 amide bonds. The van der Waals surface area contributed by atoms with Crippen molar-refractivity contribution in [3.8, 4) is 0 Å². The molecule has 7 heteroatoms. The fourth-order valence-corrected chi connectivity index (χ4v) is 3.58. The van der Waals surface area contributed by atoms with E-state index < -0.39 is 5.97 Å². The molecule has 0 radical (unpaired) electrons. The molecule has 0 aromatic carbocycles. The van der Waals surface area contributed by atoms with Gasteiger partial charge in [-0.25, -0.2) is 0 Å². The number of hydrogen-bond donors (Lipinski definition) is 3. The van der Waals surface area contributed by atoms with Crippen molar-refractivity contribution in [1.29, 1.82) is 0 Å². The predicted octanol–water partition coefficient (Wildman–Crippen LogP) is 4.02. The Kier molecular flexibility index (Phi) is 8.24. The second kappa shape index (κ2) is 10.6. The molecule has 0 unspecified atom stereocenters. The fraction of sp³-hybridized carbons (Fsp3) is 0.500. The smallest absolute Gasteiger partial charge is 0.303 e. The molecule has 0 saturated carbocycles. The van der Waals surface area contributed by atoms with Gasteiger partial charge in [0.05, 0.1) is 12.8 Å². The number of aromatic amines is 1. The SMILES string of the molecule is COC1=CC(=O)N/C1=C\c1[nH]c(C)c(C(=O)CCCCCCCCC(=O)O)c1C. The summed E-state index contributed by atoms with van der Waals surface area (Å²) in [5.74, 6) is -0.386. The number of Topliss-reactive ketones (excluding diaryl/α,β-unsaturated/α-hetero) is 1. The molecule has 0 aliphatic carbocycles. The highest BCUT2D eigenvalue weighted by molar-refractivity contribution is 6.00. The number of aromatic nitrogens is 1. The summed E-state index contributed by atoms with van der Waals surface area (Å²) in [6, 6.07) is 0. The third kappa shape index (κ3) is 6.34. The van der Waals surface area contributed by atoms with Gasteiger partial charge in [0.15, 0.2) is 5.78 Å². The molecule has 1 aliphatic heterocycles. The molecule has 2 heterocycles. The normalized spacial score (nSPS) is 14.8. The third-order valence-corrected chi connectivity index (χ3v) is 5.09. The van der Waals surface area contributed by atoms with Crippen LogP contribution < -0.4 is 5.32 Å². The Morgan fingerprint density at radius 1 is 1.07 bits per heavy atom. The van der Waals surface area contributed by atoms with E-state index in [0.717, 1.165) is 49.1 Å². The van der Waals surface area contributed by atoms with Gasteiger partial charge in [0.1, 0.15) is 5.76 Å². The number of aryl methyl sites for hydroxylation is 1. The van der Waals surface area contributed by atoms with Crippen LogP contribution in [0.2, 0.25) is 0 Å². The van der Waals surface area contributed by atoms with E-state index in [1.165, 1.54) is 13.2 Å². The average molecular weight is 402 g/mol. The fourth-order valence-electron chi connectivity index (χ4n) is 3.58. The van der Waals surface area contributed by atoms with Crippen molar-refractivity contribution in [2.45, 2.75) is 65.2 Å². The Morgan fingerprint density at radius 3 is 2.31 bits per heavy atom. The topological polar surface area (TPSA) is 108 Å². The van der Waals surface area contributed by atoms with Gasteiger partial charge in [-0.15, -0.1) is 0 Å². The van der Waals surface area contributed by atoms with E-state index in [-0.39, 0.29) is 18.1 Å². The van der Waals surface area contributed by atoms with Crippen LogP contribution in [-0.4, -0.2) is 34.9 Å². The van der Waals surface area contributed by atoms with Crippen LogP contribution in [-0.2, 0) is 14.3 Å². The van der Waals surface area contributed by atoms with Crippen molar-refractivity contribution in [3.63, 3.8) is 0 Å². The summed E-state index contributed by atoms with van der Waals surface area (Å²) in [4.78, 5) is 38.0. The van der Waals surface area contributed by atoms with Gasteiger partial charge >= 0.3 is 5.97 Å². The number of aliphatic carboxylic acids is 1. The summed E-state index contributed by atoms with van der Waals surface area (Å²) in [6.07, 6.45) is 9.35. The number of ether oxygens (including phenoxy) is 1. The summed E-state index contributed by atoms with van der Waals surface area (Å²) in [7, 11) is 1.51. The summed E-state index contributed by atoms with van der Waals surface area (Å²) in [5, 5.41) is 11.3. The van der Waals surface area contributed by atoms with Gasteiger partial charge in [-0.1, -0.05) is 25.7 Å². The first kappa shape index (κ1) is 22.5. The molecule has 158 valence electrons. The predicted molar refractivity (Wildman–Crippen MR) is 110 cm³/mol. The number of rotatable bonds is 12. The molecule has 0 fully saturated rings. The van der Waals surface area contributed by atoms with Crippen molar-refractivity contribution in [3.05, 3.63) is 40.0 Å². The van der Waals surface area contributed by atoms with E-state index in [9.17, 15) is 14.4 Å². The van der Waals surface area contributed by atoms with Crippen molar-refractivity contribution >= 4 is 23.7 Å². The zero-order chi connectivity index (χ0) is 21.4. The minimum atomic E-state index is -0.743. The van der Waals surface area contributed by atoms with Crippen molar-refractivity contribution in [1.82, 2.24) is 10.3 Å². The number of amides is 1. The van der Waals surface area contributed by atoms with Gasteiger partial charge in [0.25, 0.3) is 5.91 Å². The lowest BCUT2D eigenvalue weighted by molar-refractivity contribution is -0.137. The van der Waals surface area contributed by atoms with Gasteiger partial charge < -0.3 is 20.1 Å². The number of ketones is 1. The molecular weight excluding hydrogens is 372 g/mol. The number of nitrogens with one attached hydrogen (secondary N) is 2. The van der Waals surface area contributed by atoms with Gasteiger partial charge in [-0.05, 0) is 38.3 Å². The Bertz CT molecular complexity index is 833. The van der Waals surface area contributed by atoms with Crippen LogP contribution in [0.3, 0.4) is 0 Å². The second-order valence-electron chi connectivity index (χ2n) is 7.36.